The van der Waals surface area contributed by atoms with Crippen LogP contribution >= 0.6 is 0 Å². The summed E-state index contributed by atoms with van der Waals surface area (Å²) in [4.78, 5) is 29.2. The highest BCUT2D eigenvalue weighted by atomic mass is 16.5. The van der Waals surface area contributed by atoms with Gasteiger partial charge in [0.25, 0.3) is 5.91 Å². The minimum absolute atomic E-state index is 0.0987. The van der Waals surface area contributed by atoms with E-state index in [-0.39, 0.29) is 17.1 Å². The minimum Gasteiger partial charge on any atom is -0.490 e. The number of benzene rings is 3. The Morgan fingerprint density at radius 2 is 1.72 bits per heavy atom. The highest BCUT2D eigenvalue weighted by Gasteiger charge is 2.43. The maximum atomic E-state index is 13.8. The van der Waals surface area contributed by atoms with Crippen molar-refractivity contribution in [3.8, 4) is 11.5 Å². The summed E-state index contributed by atoms with van der Waals surface area (Å²) in [5.41, 5.74) is 3.27. The van der Waals surface area contributed by atoms with Gasteiger partial charge in [0, 0.05) is 6.54 Å². The van der Waals surface area contributed by atoms with E-state index in [2.05, 4.69) is 0 Å². The standard InChI is InChI=1S/C30H29NO5/c1-4-15-35-24-14-12-21(17-25(24)34-5-2)27-26-28(32)22-16-19(3)11-13-23(22)36-29(26)30(33)31(27)18-20-9-7-6-8-10-20/h6-14,16-17,27H,4-5,15,18H2,1-3H3. The van der Waals surface area contributed by atoms with Gasteiger partial charge in [-0.3, -0.25) is 9.59 Å². The third kappa shape index (κ3) is 4.24. The predicted octanol–water partition coefficient (Wildman–Crippen LogP) is 6.03. The average molecular weight is 484 g/mol. The summed E-state index contributed by atoms with van der Waals surface area (Å²) in [6, 6.07) is 20.2. The maximum absolute atomic E-state index is 13.8. The summed E-state index contributed by atoms with van der Waals surface area (Å²) in [6.45, 7) is 7.25. The van der Waals surface area contributed by atoms with Gasteiger partial charge in [0.15, 0.2) is 16.9 Å². The SMILES string of the molecule is CCCOc1ccc(C2c3c(oc4ccc(C)cc4c3=O)C(=O)N2Cc2ccccc2)cc1OCC. The molecule has 1 unspecified atom stereocenters. The molecule has 1 atom stereocenters. The van der Waals surface area contributed by atoms with E-state index in [0.29, 0.717) is 47.8 Å². The van der Waals surface area contributed by atoms with Gasteiger partial charge in [-0.2, -0.15) is 0 Å². The highest BCUT2D eigenvalue weighted by molar-refractivity contribution is 5.99. The van der Waals surface area contributed by atoms with E-state index in [0.717, 1.165) is 23.1 Å². The summed E-state index contributed by atoms with van der Waals surface area (Å²) in [5, 5.41) is 0.473. The normalized spacial score (nSPS) is 14.8. The van der Waals surface area contributed by atoms with Gasteiger partial charge in [0.2, 0.25) is 5.76 Å². The van der Waals surface area contributed by atoms with Crippen molar-refractivity contribution in [2.45, 2.75) is 39.8 Å². The Hall–Kier alpha value is -4.06. The number of fused-ring (bicyclic) bond motifs is 2. The van der Waals surface area contributed by atoms with Crippen LogP contribution in [0.5, 0.6) is 11.5 Å². The molecule has 36 heavy (non-hydrogen) atoms. The molecule has 2 heterocycles. The van der Waals surface area contributed by atoms with Crippen LogP contribution in [0.4, 0.5) is 0 Å². The number of hydrogen-bond donors (Lipinski definition) is 0. The third-order valence-corrected chi connectivity index (χ3v) is 6.36. The molecule has 4 aromatic rings. The lowest BCUT2D eigenvalue weighted by Gasteiger charge is -2.26. The largest absolute Gasteiger partial charge is 0.490 e. The van der Waals surface area contributed by atoms with Crippen LogP contribution in [-0.4, -0.2) is 24.0 Å². The van der Waals surface area contributed by atoms with E-state index in [1.807, 2.05) is 81.4 Å². The van der Waals surface area contributed by atoms with Crippen LogP contribution in [0.3, 0.4) is 0 Å². The van der Waals surface area contributed by atoms with E-state index in [1.54, 1.807) is 11.0 Å². The Morgan fingerprint density at radius 1 is 0.917 bits per heavy atom. The van der Waals surface area contributed by atoms with Crippen LogP contribution in [0.15, 0.2) is 75.9 Å². The van der Waals surface area contributed by atoms with Crippen LogP contribution in [0, 0.1) is 6.92 Å². The number of nitrogens with zero attached hydrogens (tertiary/aromatic N) is 1. The van der Waals surface area contributed by atoms with Crippen molar-refractivity contribution in [1.29, 1.82) is 0 Å². The molecule has 0 aliphatic carbocycles. The number of amides is 1. The van der Waals surface area contributed by atoms with E-state index >= 15 is 0 Å². The van der Waals surface area contributed by atoms with Gasteiger partial charge >= 0.3 is 0 Å². The zero-order valence-corrected chi connectivity index (χ0v) is 20.7. The van der Waals surface area contributed by atoms with Crippen molar-refractivity contribution < 1.29 is 18.7 Å². The number of aryl methyl sites for hydroxylation is 1. The highest BCUT2D eigenvalue weighted by Crippen LogP contribution is 2.41. The fourth-order valence-corrected chi connectivity index (χ4v) is 4.72. The Balaban J connectivity index is 1.69. The van der Waals surface area contributed by atoms with Gasteiger partial charge in [-0.05, 0) is 55.7 Å². The van der Waals surface area contributed by atoms with Crippen molar-refractivity contribution in [3.05, 3.63) is 105 Å². The second-order valence-corrected chi connectivity index (χ2v) is 8.98. The summed E-state index contributed by atoms with van der Waals surface area (Å²) in [5.74, 6) is 1.03. The molecule has 6 nitrogen and oxygen atoms in total. The lowest BCUT2D eigenvalue weighted by atomic mass is 9.97. The smallest absolute Gasteiger partial charge is 0.291 e. The summed E-state index contributed by atoms with van der Waals surface area (Å²) in [7, 11) is 0. The molecule has 0 spiro atoms. The molecular formula is C30H29NO5. The number of hydrogen-bond acceptors (Lipinski definition) is 5. The molecule has 1 amide bonds. The molecule has 0 bridgehead atoms. The van der Waals surface area contributed by atoms with Crippen molar-refractivity contribution in [3.63, 3.8) is 0 Å². The fourth-order valence-electron chi connectivity index (χ4n) is 4.72. The van der Waals surface area contributed by atoms with Crippen LogP contribution in [0.1, 0.15) is 59.1 Å². The van der Waals surface area contributed by atoms with Gasteiger partial charge in [0.1, 0.15) is 5.58 Å². The lowest BCUT2D eigenvalue weighted by Crippen LogP contribution is -2.29. The van der Waals surface area contributed by atoms with Crippen molar-refractivity contribution in [2.24, 2.45) is 0 Å². The number of ether oxygens (including phenoxy) is 2. The van der Waals surface area contributed by atoms with Gasteiger partial charge in [-0.25, -0.2) is 0 Å². The Labute approximate surface area is 210 Å². The molecule has 5 rings (SSSR count). The molecule has 0 fully saturated rings. The monoisotopic (exact) mass is 483 g/mol. The summed E-state index contributed by atoms with van der Waals surface area (Å²) in [6.07, 6.45) is 0.871. The summed E-state index contributed by atoms with van der Waals surface area (Å²) >= 11 is 0. The molecule has 0 N–H and O–H groups in total. The number of rotatable bonds is 8. The first kappa shape index (κ1) is 23.7. The molecule has 1 aliphatic rings. The molecule has 6 heteroatoms. The Bertz CT molecular complexity index is 1470. The number of carbonyl (C=O) groups excluding carboxylic acids is 1. The molecule has 0 saturated heterocycles. The zero-order valence-electron chi connectivity index (χ0n) is 20.7. The fraction of sp³-hybridized carbons (Fsp3) is 0.267. The minimum atomic E-state index is -0.617. The van der Waals surface area contributed by atoms with E-state index in [9.17, 15) is 9.59 Å². The second kappa shape index (κ2) is 9.90. The topological polar surface area (TPSA) is 69.0 Å². The Kier molecular flexibility index (Phi) is 6.51. The first-order chi connectivity index (χ1) is 17.5. The van der Waals surface area contributed by atoms with Crippen molar-refractivity contribution in [2.75, 3.05) is 13.2 Å². The molecule has 1 aliphatic heterocycles. The van der Waals surface area contributed by atoms with Crippen LogP contribution < -0.4 is 14.9 Å². The molecule has 0 radical (unpaired) electrons. The Morgan fingerprint density at radius 3 is 2.47 bits per heavy atom. The van der Waals surface area contributed by atoms with Gasteiger partial charge < -0.3 is 18.8 Å². The summed E-state index contributed by atoms with van der Waals surface area (Å²) < 4.78 is 17.8. The van der Waals surface area contributed by atoms with Gasteiger partial charge in [-0.1, -0.05) is 55.0 Å². The molecule has 3 aromatic carbocycles. The third-order valence-electron chi connectivity index (χ3n) is 6.36. The van der Waals surface area contributed by atoms with E-state index < -0.39 is 6.04 Å². The van der Waals surface area contributed by atoms with Crippen LogP contribution in [0.2, 0.25) is 0 Å². The van der Waals surface area contributed by atoms with E-state index in [4.69, 9.17) is 13.9 Å². The quantitative estimate of drug-likeness (QED) is 0.306. The lowest BCUT2D eigenvalue weighted by molar-refractivity contribution is 0.0714. The van der Waals surface area contributed by atoms with Crippen molar-refractivity contribution in [1.82, 2.24) is 4.90 Å². The molecule has 1 aromatic heterocycles. The van der Waals surface area contributed by atoms with Gasteiger partial charge in [-0.15, -0.1) is 0 Å². The molecular weight excluding hydrogens is 454 g/mol. The number of carbonyl (C=O) groups is 1. The van der Waals surface area contributed by atoms with Crippen LogP contribution in [0.25, 0.3) is 11.0 Å². The first-order valence-corrected chi connectivity index (χ1v) is 12.3. The van der Waals surface area contributed by atoms with Gasteiger partial charge in [0.05, 0.1) is 30.2 Å². The second-order valence-electron chi connectivity index (χ2n) is 8.98. The van der Waals surface area contributed by atoms with Crippen LogP contribution in [-0.2, 0) is 6.54 Å². The van der Waals surface area contributed by atoms with Crippen molar-refractivity contribution >= 4 is 16.9 Å². The maximum Gasteiger partial charge on any atom is 0.291 e. The first-order valence-electron chi connectivity index (χ1n) is 12.3. The molecule has 184 valence electrons. The zero-order chi connectivity index (χ0) is 25.2. The average Bonchev–Trinajstić information content (AvgIpc) is 3.16. The molecule has 0 saturated carbocycles. The van der Waals surface area contributed by atoms with E-state index in [1.165, 1.54) is 0 Å². The predicted molar refractivity (Wildman–Crippen MR) is 139 cm³/mol.